The molecule has 1 aromatic carbocycles. The minimum Gasteiger partial charge on any atom is -0.495 e. The molecule has 0 amide bonds. The van der Waals surface area contributed by atoms with E-state index < -0.39 is 0 Å². The van der Waals surface area contributed by atoms with Gasteiger partial charge in [-0.2, -0.15) is 0 Å². The predicted octanol–water partition coefficient (Wildman–Crippen LogP) is 2.58. The van der Waals surface area contributed by atoms with Crippen LogP contribution < -0.4 is 10.5 Å². The smallest absolute Gasteiger partial charge is 0.179 e. The van der Waals surface area contributed by atoms with Crippen LogP contribution in [0.25, 0.3) is 0 Å². The Balaban J connectivity index is 2.79. The molecule has 0 aliphatic rings. The lowest BCUT2D eigenvalue weighted by atomic mass is 10.0. The second kappa shape index (κ2) is 7.14. The van der Waals surface area contributed by atoms with Crippen LogP contribution in [0.4, 0.5) is 5.69 Å². The molecule has 4 nitrogen and oxygen atoms in total. The van der Waals surface area contributed by atoms with Crippen molar-refractivity contribution >= 4 is 11.5 Å². The summed E-state index contributed by atoms with van der Waals surface area (Å²) < 4.78 is 5.09. The van der Waals surface area contributed by atoms with Gasteiger partial charge in [-0.15, -0.1) is 0 Å². The molecule has 1 atom stereocenters. The summed E-state index contributed by atoms with van der Waals surface area (Å²) in [6.07, 6.45) is 2.22. The van der Waals surface area contributed by atoms with Crippen molar-refractivity contribution in [3.8, 4) is 5.75 Å². The van der Waals surface area contributed by atoms with Gasteiger partial charge in [-0.1, -0.05) is 13.3 Å². The molecule has 0 aliphatic heterocycles. The number of methoxy groups -OCH3 is 1. The summed E-state index contributed by atoms with van der Waals surface area (Å²) in [4.78, 5) is 14.4. The molecule has 0 saturated heterocycles. The molecule has 0 saturated carbocycles. The number of ether oxygens (including phenoxy) is 1. The first-order valence-electron chi connectivity index (χ1n) is 6.69. The highest BCUT2D eigenvalue weighted by molar-refractivity contribution is 6.00. The van der Waals surface area contributed by atoms with Crippen molar-refractivity contribution in [2.45, 2.75) is 32.7 Å². The zero-order chi connectivity index (χ0) is 14.4. The SMILES string of the molecule is CCCCN(C)C(C)C(=O)c1ccc(OC)c(N)c1. The molecule has 1 unspecified atom stereocenters. The van der Waals surface area contributed by atoms with E-state index in [1.165, 1.54) is 0 Å². The molecule has 0 radical (unpaired) electrons. The molecule has 0 aliphatic carbocycles. The van der Waals surface area contributed by atoms with E-state index in [1.54, 1.807) is 25.3 Å². The maximum atomic E-state index is 12.4. The third-order valence-corrected chi connectivity index (χ3v) is 3.42. The highest BCUT2D eigenvalue weighted by Crippen LogP contribution is 2.23. The van der Waals surface area contributed by atoms with Gasteiger partial charge in [0.1, 0.15) is 5.75 Å². The Morgan fingerprint density at radius 2 is 2.16 bits per heavy atom. The van der Waals surface area contributed by atoms with E-state index in [1.807, 2.05) is 14.0 Å². The Morgan fingerprint density at radius 3 is 2.68 bits per heavy atom. The number of nitrogens with zero attached hydrogens (tertiary/aromatic N) is 1. The number of benzene rings is 1. The van der Waals surface area contributed by atoms with Crippen molar-refractivity contribution in [2.75, 3.05) is 26.4 Å². The largest absolute Gasteiger partial charge is 0.495 e. The Bertz CT molecular complexity index is 432. The fourth-order valence-corrected chi connectivity index (χ4v) is 1.93. The zero-order valence-corrected chi connectivity index (χ0v) is 12.3. The summed E-state index contributed by atoms with van der Waals surface area (Å²) in [6.45, 7) is 5.00. The van der Waals surface area contributed by atoms with Gasteiger partial charge < -0.3 is 10.5 Å². The Morgan fingerprint density at radius 1 is 1.47 bits per heavy atom. The van der Waals surface area contributed by atoms with E-state index in [2.05, 4.69) is 11.8 Å². The molecule has 1 rings (SSSR count). The van der Waals surface area contributed by atoms with Crippen molar-refractivity contribution in [3.63, 3.8) is 0 Å². The second-order valence-corrected chi connectivity index (χ2v) is 4.83. The monoisotopic (exact) mass is 264 g/mol. The Labute approximate surface area is 115 Å². The van der Waals surface area contributed by atoms with Gasteiger partial charge in [0.15, 0.2) is 5.78 Å². The molecule has 4 heteroatoms. The van der Waals surface area contributed by atoms with Gasteiger partial charge in [0.05, 0.1) is 18.8 Å². The topological polar surface area (TPSA) is 55.6 Å². The number of carbonyl (C=O) groups excluding carboxylic acids is 1. The van der Waals surface area contributed by atoms with Crippen LogP contribution in [0.15, 0.2) is 18.2 Å². The van der Waals surface area contributed by atoms with Crippen LogP contribution in [0.1, 0.15) is 37.0 Å². The van der Waals surface area contributed by atoms with E-state index in [9.17, 15) is 4.79 Å². The molecule has 2 N–H and O–H groups in total. The number of carbonyl (C=O) groups is 1. The summed E-state index contributed by atoms with van der Waals surface area (Å²) in [6, 6.07) is 5.05. The number of Topliss-reactive ketones (excluding diaryl/α,β-unsaturated/α-hetero) is 1. The van der Waals surface area contributed by atoms with Gasteiger partial charge in [0.2, 0.25) is 0 Å². The number of hydrogen-bond donors (Lipinski definition) is 1. The van der Waals surface area contributed by atoms with Gasteiger partial charge >= 0.3 is 0 Å². The fourth-order valence-electron chi connectivity index (χ4n) is 1.93. The molecule has 19 heavy (non-hydrogen) atoms. The molecule has 106 valence electrons. The minimum absolute atomic E-state index is 0.0907. The van der Waals surface area contributed by atoms with Crippen molar-refractivity contribution in [2.24, 2.45) is 0 Å². The lowest BCUT2D eigenvalue weighted by molar-refractivity contribution is 0.0867. The first kappa shape index (κ1) is 15.5. The molecule has 0 fully saturated rings. The number of ketones is 1. The summed E-state index contributed by atoms with van der Waals surface area (Å²) >= 11 is 0. The number of likely N-dealkylation sites (N-methyl/N-ethyl adjacent to an activating group) is 1. The van der Waals surface area contributed by atoms with Crippen LogP contribution in [0.2, 0.25) is 0 Å². The van der Waals surface area contributed by atoms with Gasteiger partial charge in [0, 0.05) is 5.56 Å². The molecule has 0 spiro atoms. The molecular weight excluding hydrogens is 240 g/mol. The lowest BCUT2D eigenvalue weighted by Gasteiger charge is -2.23. The maximum absolute atomic E-state index is 12.4. The first-order valence-corrected chi connectivity index (χ1v) is 6.69. The first-order chi connectivity index (χ1) is 9.01. The highest BCUT2D eigenvalue weighted by atomic mass is 16.5. The van der Waals surface area contributed by atoms with Crippen molar-refractivity contribution in [1.29, 1.82) is 0 Å². The van der Waals surface area contributed by atoms with Gasteiger partial charge in [-0.05, 0) is 45.1 Å². The molecule has 0 heterocycles. The van der Waals surface area contributed by atoms with Crippen molar-refractivity contribution in [1.82, 2.24) is 4.90 Å². The maximum Gasteiger partial charge on any atom is 0.179 e. The van der Waals surface area contributed by atoms with Crippen molar-refractivity contribution < 1.29 is 9.53 Å². The van der Waals surface area contributed by atoms with Crippen LogP contribution in [0, 0.1) is 0 Å². The van der Waals surface area contributed by atoms with E-state index in [-0.39, 0.29) is 11.8 Å². The molecule has 0 bridgehead atoms. The second-order valence-electron chi connectivity index (χ2n) is 4.83. The third-order valence-electron chi connectivity index (χ3n) is 3.42. The predicted molar refractivity (Wildman–Crippen MR) is 78.7 cm³/mol. The van der Waals surface area contributed by atoms with E-state index in [0.29, 0.717) is 17.0 Å². The van der Waals surface area contributed by atoms with Crippen LogP contribution in [0.5, 0.6) is 5.75 Å². The normalized spacial score (nSPS) is 12.5. The lowest BCUT2D eigenvalue weighted by Crippen LogP contribution is -2.36. The van der Waals surface area contributed by atoms with E-state index >= 15 is 0 Å². The standard InChI is InChI=1S/C15H24N2O2/c1-5-6-9-17(3)11(2)15(18)12-7-8-14(19-4)13(16)10-12/h7-8,10-11H,5-6,9,16H2,1-4H3. The summed E-state index contributed by atoms with van der Waals surface area (Å²) in [5.41, 5.74) is 6.97. The summed E-state index contributed by atoms with van der Waals surface area (Å²) in [7, 11) is 3.54. The van der Waals surface area contributed by atoms with Crippen LogP contribution in [0.3, 0.4) is 0 Å². The van der Waals surface area contributed by atoms with Gasteiger partial charge in [0.25, 0.3) is 0 Å². The quantitative estimate of drug-likeness (QED) is 0.607. The van der Waals surface area contributed by atoms with Crippen LogP contribution >= 0.6 is 0 Å². The van der Waals surface area contributed by atoms with Crippen molar-refractivity contribution in [3.05, 3.63) is 23.8 Å². The Hall–Kier alpha value is -1.55. The number of nitrogens with two attached hydrogens (primary N) is 1. The molecule has 1 aromatic rings. The van der Waals surface area contributed by atoms with Crippen LogP contribution in [-0.2, 0) is 0 Å². The Kier molecular flexibility index (Phi) is 5.83. The molecule has 0 aromatic heterocycles. The van der Waals surface area contributed by atoms with Gasteiger partial charge in [-0.3, -0.25) is 9.69 Å². The number of hydrogen-bond acceptors (Lipinski definition) is 4. The molecular formula is C15H24N2O2. The van der Waals surface area contributed by atoms with E-state index in [0.717, 1.165) is 19.4 Å². The average Bonchev–Trinajstić information content (AvgIpc) is 2.42. The number of unbranched alkanes of at least 4 members (excludes halogenated alkanes) is 1. The third kappa shape index (κ3) is 3.96. The minimum atomic E-state index is -0.139. The summed E-state index contributed by atoms with van der Waals surface area (Å²) in [5, 5.41) is 0. The number of rotatable bonds is 7. The van der Waals surface area contributed by atoms with E-state index in [4.69, 9.17) is 10.5 Å². The fraction of sp³-hybridized carbons (Fsp3) is 0.533. The zero-order valence-electron chi connectivity index (χ0n) is 12.3. The summed E-state index contributed by atoms with van der Waals surface area (Å²) in [5.74, 6) is 0.691. The number of nitrogen functional groups attached to an aromatic ring is 1. The van der Waals surface area contributed by atoms with Crippen LogP contribution in [-0.4, -0.2) is 37.4 Å². The number of anilines is 1. The highest BCUT2D eigenvalue weighted by Gasteiger charge is 2.19. The van der Waals surface area contributed by atoms with Gasteiger partial charge in [-0.25, -0.2) is 0 Å². The average molecular weight is 264 g/mol.